The number of hydrogen-bond acceptors (Lipinski definition) is 4. The monoisotopic (exact) mass is 340 g/mol. The highest BCUT2D eigenvalue weighted by Gasteiger charge is 2.13. The zero-order chi connectivity index (χ0) is 17.9. The SMILES string of the molecule is Cc1ccc(CN(C)c2nc(-c3cccnc3)nc3ccccc23)cc1. The minimum absolute atomic E-state index is 0.697. The Morgan fingerprint density at radius 1 is 0.885 bits per heavy atom. The summed E-state index contributed by atoms with van der Waals surface area (Å²) in [5.74, 6) is 1.62. The van der Waals surface area contributed by atoms with Gasteiger partial charge >= 0.3 is 0 Å². The quantitative estimate of drug-likeness (QED) is 0.543. The van der Waals surface area contributed by atoms with Crippen LogP contribution in [0.5, 0.6) is 0 Å². The molecule has 0 atom stereocenters. The number of aromatic nitrogens is 3. The minimum atomic E-state index is 0.697. The summed E-state index contributed by atoms with van der Waals surface area (Å²) in [5.41, 5.74) is 4.38. The molecule has 0 unspecified atom stereocenters. The van der Waals surface area contributed by atoms with Crippen LogP contribution in [-0.2, 0) is 6.54 Å². The van der Waals surface area contributed by atoms with Gasteiger partial charge in [0.25, 0.3) is 0 Å². The van der Waals surface area contributed by atoms with Crippen molar-refractivity contribution in [2.24, 2.45) is 0 Å². The summed E-state index contributed by atoms with van der Waals surface area (Å²) in [7, 11) is 2.07. The predicted octanol–water partition coefficient (Wildman–Crippen LogP) is 4.64. The summed E-state index contributed by atoms with van der Waals surface area (Å²) in [5, 5.41) is 1.05. The van der Waals surface area contributed by atoms with Gasteiger partial charge in [-0.25, -0.2) is 9.97 Å². The van der Waals surface area contributed by atoms with Crippen molar-refractivity contribution in [3.8, 4) is 11.4 Å². The lowest BCUT2D eigenvalue weighted by atomic mass is 10.1. The maximum absolute atomic E-state index is 4.86. The zero-order valence-corrected chi connectivity index (χ0v) is 14.9. The predicted molar refractivity (Wildman–Crippen MR) is 106 cm³/mol. The number of fused-ring (bicyclic) bond motifs is 1. The molecule has 2 heterocycles. The molecule has 0 aliphatic rings. The first-order valence-electron chi connectivity index (χ1n) is 8.64. The molecule has 2 aromatic carbocycles. The van der Waals surface area contributed by atoms with E-state index in [1.165, 1.54) is 11.1 Å². The van der Waals surface area contributed by atoms with E-state index in [1.54, 1.807) is 12.4 Å². The summed E-state index contributed by atoms with van der Waals surface area (Å²) < 4.78 is 0. The second kappa shape index (κ2) is 6.92. The highest BCUT2D eigenvalue weighted by molar-refractivity contribution is 5.90. The first kappa shape index (κ1) is 16.2. The van der Waals surface area contributed by atoms with Crippen molar-refractivity contribution < 1.29 is 0 Å². The lowest BCUT2D eigenvalue weighted by molar-refractivity contribution is 0.901. The molecule has 0 aliphatic heterocycles. The number of pyridine rings is 1. The molecule has 0 radical (unpaired) electrons. The standard InChI is InChI=1S/C22H20N4/c1-16-9-11-17(12-10-16)15-26(2)22-19-7-3-4-8-20(19)24-21(25-22)18-6-5-13-23-14-18/h3-14H,15H2,1-2H3. The van der Waals surface area contributed by atoms with Crippen LogP contribution in [0.4, 0.5) is 5.82 Å². The van der Waals surface area contributed by atoms with Gasteiger partial charge in [-0.15, -0.1) is 0 Å². The normalized spacial score (nSPS) is 10.8. The molecule has 4 rings (SSSR count). The fourth-order valence-corrected chi connectivity index (χ4v) is 3.02. The Morgan fingerprint density at radius 3 is 2.46 bits per heavy atom. The van der Waals surface area contributed by atoms with Gasteiger partial charge in [-0.1, -0.05) is 42.0 Å². The Kier molecular flexibility index (Phi) is 4.32. The smallest absolute Gasteiger partial charge is 0.163 e. The van der Waals surface area contributed by atoms with E-state index < -0.39 is 0 Å². The van der Waals surface area contributed by atoms with Gasteiger partial charge in [0.1, 0.15) is 5.82 Å². The van der Waals surface area contributed by atoms with Crippen molar-refractivity contribution in [1.82, 2.24) is 15.0 Å². The van der Waals surface area contributed by atoms with E-state index in [-0.39, 0.29) is 0 Å². The molecule has 0 spiro atoms. The molecule has 0 bridgehead atoms. The van der Waals surface area contributed by atoms with Crippen molar-refractivity contribution >= 4 is 16.7 Å². The molecular weight excluding hydrogens is 320 g/mol. The van der Waals surface area contributed by atoms with Gasteiger partial charge in [-0.3, -0.25) is 4.98 Å². The average molecular weight is 340 g/mol. The number of aryl methyl sites for hydroxylation is 1. The van der Waals surface area contributed by atoms with Gasteiger partial charge < -0.3 is 4.90 Å². The molecule has 0 N–H and O–H groups in total. The maximum atomic E-state index is 4.86. The van der Waals surface area contributed by atoms with Gasteiger partial charge in [0.05, 0.1) is 5.52 Å². The number of hydrogen-bond donors (Lipinski definition) is 0. The van der Waals surface area contributed by atoms with Crippen LogP contribution in [0.25, 0.3) is 22.3 Å². The van der Waals surface area contributed by atoms with Crippen molar-refractivity contribution in [3.63, 3.8) is 0 Å². The van der Waals surface area contributed by atoms with E-state index in [2.05, 4.69) is 54.2 Å². The number of nitrogens with zero attached hydrogens (tertiary/aromatic N) is 4. The van der Waals surface area contributed by atoms with E-state index in [1.807, 2.05) is 30.3 Å². The first-order chi connectivity index (χ1) is 12.7. The Hall–Kier alpha value is -3.27. The number of rotatable bonds is 4. The number of benzene rings is 2. The van der Waals surface area contributed by atoms with E-state index >= 15 is 0 Å². The topological polar surface area (TPSA) is 41.9 Å². The summed E-state index contributed by atoms with van der Waals surface area (Å²) in [4.78, 5) is 16.0. The molecule has 128 valence electrons. The van der Waals surface area contributed by atoms with Crippen LogP contribution in [0, 0.1) is 6.92 Å². The second-order valence-electron chi connectivity index (χ2n) is 6.47. The van der Waals surface area contributed by atoms with Crippen molar-refractivity contribution in [2.75, 3.05) is 11.9 Å². The molecule has 0 fully saturated rings. The minimum Gasteiger partial charge on any atom is -0.355 e. The third kappa shape index (κ3) is 3.26. The van der Waals surface area contributed by atoms with Gasteiger partial charge in [0.15, 0.2) is 5.82 Å². The largest absolute Gasteiger partial charge is 0.355 e. The van der Waals surface area contributed by atoms with Crippen LogP contribution in [0.1, 0.15) is 11.1 Å². The molecular formula is C22H20N4. The van der Waals surface area contributed by atoms with E-state index in [0.29, 0.717) is 5.82 Å². The molecule has 0 aliphatic carbocycles. The van der Waals surface area contributed by atoms with Gasteiger partial charge in [-0.2, -0.15) is 0 Å². The van der Waals surface area contributed by atoms with Crippen molar-refractivity contribution in [1.29, 1.82) is 0 Å². The van der Waals surface area contributed by atoms with Gasteiger partial charge in [0.2, 0.25) is 0 Å². The van der Waals surface area contributed by atoms with Crippen molar-refractivity contribution in [2.45, 2.75) is 13.5 Å². The average Bonchev–Trinajstić information content (AvgIpc) is 2.69. The lowest BCUT2D eigenvalue weighted by Gasteiger charge is -2.21. The molecule has 4 heteroatoms. The van der Waals surface area contributed by atoms with Crippen LogP contribution in [0.15, 0.2) is 73.1 Å². The van der Waals surface area contributed by atoms with Gasteiger partial charge in [-0.05, 0) is 36.8 Å². The highest BCUT2D eigenvalue weighted by Crippen LogP contribution is 2.27. The maximum Gasteiger partial charge on any atom is 0.163 e. The number of para-hydroxylation sites is 1. The molecule has 2 aromatic heterocycles. The van der Waals surface area contributed by atoms with Crippen LogP contribution in [0.2, 0.25) is 0 Å². The molecule has 0 saturated carbocycles. The van der Waals surface area contributed by atoms with E-state index in [4.69, 9.17) is 9.97 Å². The second-order valence-corrected chi connectivity index (χ2v) is 6.47. The fourth-order valence-electron chi connectivity index (χ4n) is 3.02. The third-order valence-corrected chi connectivity index (χ3v) is 4.40. The van der Waals surface area contributed by atoms with Crippen LogP contribution < -0.4 is 4.90 Å². The Morgan fingerprint density at radius 2 is 1.69 bits per heavy atom. The van der Waals surface area contributed by atoms with Crippen LogP contribution in [0.3, 0.4) is 0 Å². The van der Waals surface area contributed by atoms with Crippen molar-refractivity contribution in [3.05, 3.63) is 84.2 Å². The zero-order valence-electron chi connectivity index (χ0n) is 14.9. The summed E-state index contributed by atoms with van der Waals surface area (Å²) in [6, 6.07) is 20.6. The Balaban J connectivity index is 1.78. The lowest BCUT2D eigenvalue weighted by Crippen LogP contribution is -2.18. The van der Waals surface area contributed by atoms with Crippen LogP contribution in [-0.4, -0.2) is 22.0 Å². The highest BCUT2D eigenvalue weighted by atomic mass is 15.2. The molecule has 4 aromatic rings. The third-order valence-electron chi connectivity index (χ3n) is 4.40. The Bertz CT molecular complexity index is 1030. The van der Waals surface area contributed by atoms with Gasteiger partial charge in [0, 0.05) is 36.9 Å². The Labute approximate surface area is 153 Å². The van der Waals surface area contributed by atoms with E-state index in [9.17, 15) is 0 Å². The summed E-state index contributed by atoms with van der Waals surface area (Å²) in [6.07, 6.45) is 3.56. The molecule has 0 saturated heterocycles. The number of anilines is 1. The van der Waals surface area contributed by atoms with Crippen LogP contribution >= 0.6 is 0 Å². The summed E-state index contributed by atoms with van der Waals surface area (Å²) >= 11 is 0. The molecule has 0 amide bonds. The van der Waals surface area contributed by atoms with E-state index in [0.717, 1.165) is 28.8 Å². The molecule has 26 heavy (non-hydrogen) atoms. The molecule has 4 nitrogen and oxygen atoms in total. The fraction of sp³-hybridized carbons (Fsp3) is 0.136. The first-order valence-corrected chi connectivity index (χ1v) is 8.64. The summed E-state index contributed by atoms with van der Waals surface area (Å²) in [6.45, 7) is 2.89.